The van der Waals surface area contributed by atoms with Gasteiger partial charge in [-0.2, -0.15) is 39.5 Å². The number of para-hydroxylation sites is 1. The molecule has 776 valence electrons. The quantitative estimate of drug-likeness (QED) is 0.0293. The summed E-state index contributed by atoms with van der Waals surface area (Å²) < 4.78 is 270. The maximum absolute atomic E-state index is 13.3. The minimum Gasteiger partial charge on any atom is -0.359 e. The number of carbonyl (C=O) groups excluding carboxylic acids is 5. The van der Waals surface area contributed by atoms with E-state index in [1.165, 1.54) is 88.6 Å². The van der Waals surface area contributed by atoms with Crippen molar-refractivity contribution in [3.05, 3.63) is 212 Å². The van der Waals surface area contributed by atoms with E-state index in [4.69, 9.17) is 25.2 Å². The van der Waals surface area contributed by atoms with Gasteiger partial charge in [-0.3, -0.25) is 29.0 Å². The molecule has 6 aromatic heterocycles. The molecule has 11 aromatic rings. The zero-order valence-electron chi connectivity index (χ0n) is 82.4. The van der Waals surface area contributed by atoms with Crippen LogP contribution in [0.3, 0.4) is 0 Å². The van der Waals surface area contributed by atoms with Crippen LogP contribution in [0, 0.1) is 30.5 Å². The van der Waals surface area contributed by atoms with E-state index < -0.39 is 163 Å². The average molecular weight is 2150 g/mol. The Kier molecular flexibility index (Phi) is 36.5. The highest BCUT2D eigenvalue weighted by Crippen LogP contribution is 2.41. The first-order valence-electron chi connectivity index (χ1n) is 43.5. The van der Waals surface area contributed by atoms with Crippen LogP contribution in [-0.2, 0) is 119 Å². The van der Waals surface area contributed by atoms with Gasteiger partial charge in [-0.1, -0.05) is 191 Å². The standard InChI is InChI=1S/C20H25F3N2O3S2.C20H23N3O4S.C19H23F3N2O4S.C19H23F3N2O3S2.C17H20ClFN2O4S/c1-11(2)15(17(26)25-18-24-12(3)16(29-18)19(4,5)6)30(27,28)14-9-7-13(8-10-14)20(21,22)23;1-19(2,3)15-12-16(23-27-15)22-18(24)20(4,5)28(25,26)14-10-6-8-13-9-7-11-21-17(13)14;1-11(2)16(17(25)23-15-10-14(28-24-15)18(3,4)5)29(26,27)13-8-6-12(7-9-13)19(20,21)22;1-11(2)15(16(25)24-17-23-14(10-28-17)18(3,4)5)29(26,27)13-8-6-12(7-9-13)19(20,21)22;1-16(2,3)13-9-14(21-25-13)20-15(22)17(4,5)26(23,24)10-6-7-12(19)11(18)8-10/h7-11,15H,1-6H3,(H,24,25,26);6-12H,1-5H3,(H,22,23,24);6-11,16H,1-5H3,(H,23,24,25);6-11,15H,1-5H3,(H,23,24,25);6-9H,1-5H3,(H,20,21,22). The van der Waals surface area contributed by atoms with E-state index >= 15 is 0 Å². The summed E-state index contributed by atoms with van der Waals surface area (Å²) in [6, 6.07) is 25.4. The summed E-state index contributed by atoms with van der Waals surface area (Å²) in [6.45, 7) is 45.5. The molecule has 29 nitrogen and oxygen atoms in total. The van der Waals surface area contributed by atoms with Gasteiger partial charge in [0.2, 0.25) is 29.5 Å². The Morgan fingerprint density at radius 3 is 1.05 bits per heavy atom. The molecule has 11 rings (SSSR count). The monoisotopic (exact) mass is 2150 g/mol. The number of alkyl halides is 9. The highest BCUT2D eigenvalue weighted by molar-refractivity contribution is 7.94. The molecule has 0 aliphatic carbocycles. The number of pyridine rings is 1. The molecule has 5 N–H and O–H groups in total. The van der Waals surface area contributed by atoms with Gasteiger partial charge in [-0.25, -0.2) is 56.4 Å². The lowest BCUT2D eigenvalue weighted by Crippen LogP contribution is -2.44. The largest absolute Gasteiger partial charge is 0.416 e. The van der Waals surface area contributed by atoms with E-state index in [0.717, 1.165) is 70.9 Å². The smallest absolute Gasteiger partial charge is 0.359 e. The van der Waals surface area contributed by atoms with Gasteiger partial charge < -0.3 is 40.2 Å². The van der Waals surface area contributed by atoms with Crippen molar-refractivity contribution in [2.75, 3.05) is 26.6 Å². The van der Waals surface area contributed by atoms with Gasteiger partial charge in [0.15, 0.2) is 76.9 Å². The molecule has 0 fully saturated rings. The topological polar surface area (TPSA) is 433 Å². The van der Waals surface area contributed by atoms with Crippen LogP contribution in [0.2, 0.25) is 5.02 Å². The van der Waals surface area contributed by atoms with Crippen LogP contribution in [0.15, 0.2) is 189 Å². The molecule has 6 heterocycles. The molecule has 0 bridgehead atoms. The van der Waals surface area contributed by atoms with Crippen LogP contribution in [0.1, 0.15) is 223 Å². The number of anilines is 5. The summed E-state index contributed by atoms with van der Waals surface area (Å²) >= 11 is 8.12. The molecule has 47 heteroatoms. The summed E-state index contributed by atoms with van der Waals surface area (Å²) in [5, 5.41) is 22.1. The highest BCUT2D eigenvalue weighted by Gasteiger charge is 2.48. The predicted octanol–water partition coefficient (Wildman–Crippen LogP) is 22.2. The lowest BCUT2D eigenvalue weighted by Gasteiger charge is -2.23. The number of aromatic nitrogens is 6. The van der Waals surface area contributed by atoms with Gasteiger partial charge in [0, 0.05) is 61.7 Å². The number of aryl methyl sites for hydroxylation is 1. The van der Waals surface area contributed by atoms with Crippen molar-refractivity contribution in [2.45, 2.75) is 275 Å². The van der Waals surface area contributed by atoms with E-state index in [9.17, 15) is 110 Å². The second-order valence-electron chi connectivity index (χ2n) is 40.0. The van der Waals surface area contributed by atoms with Gasteiger partial charge in [-0.05, 0) is 161 Å². The number of amides is 5. The first-order valence-corrected chi connectivity index (χ1v) is 53.1. The molecular formula is C95H114ClF10N11O18S7. The predicted molar refractivity (Wildman–Crippen MR) is 523 cm³/mol. The number of benzene rings is 5. The number of fused-ring (bicyclic) bond motifs is 1. The van der Waals surface area contributed by atoms with E-state index in [0.29, 0.717) is 64.6 Å². The van der Waals surface area contributed by atoms with E-state index in [-0.39, 0.29) is 84.3 Å². The molecule has 0 saturated heterocycles. The van der Waals surface area contributed by atoms with Crippen molar-refractivity contribution >= 4 is 152 Å². The number of rotatable bonds is 23. The van der Waals surface area contributed by atoms with Crippen molar-refractivity contribution in [1.29, 1.82) is 0 Å². The zero-order chi connectivity index (χ0) is 108. The Bertz CT molecular complexity index is 6820. The molecule has 3 unspecified atom stereocenters. The second kappa shape index (κ2) is 44.0. The van der Waals surface area contributed by atoms with Crippen LogP contribution in [-0.4, -0.2) is 127 Å². The van der Waals surface area contributed by atoms with Crippen molar-refractivity contribution < 1.29 is 124 Å². The number of hydrogen-bond donors (Lipinski definition) is 5. The molecule has 0 radical (unpaired) electrons. The van der Waals surface area contributed by atoms with Crippen LogP contribution in [0.4, 0.5) is 71.6 Å². The molecule has 0 saturated carbocycles. The molecular weight excluding hydrogens is 2030 g/mol. The molecule has 0 aliphatic rings. The molecule has 3 atom stereocenters. The normalized spacial score (nSPS) is 13.6. The average Bonchev–Trinajstić information content (AvgIpc) is 0.930. The summed E-state index contributed by atoms with van der Waals surface area (Å²) in [5.41, 5.74) is -2.44. The minimum absolute atomic E-state index is 0.0151. The van der Waals surface area contributed by atoms with Crippen molar-refractivity contribution in [1.82, 2.24) is 30.4 Å². The summed E-state index contributed by atoms with van der Waals surface area (Å²) in [5.74, 6) is -4.50. The summed E-state index contributed by atoms with van der Waals surface area (Å²) in [7, 11) is -20.8. The fourth-order valence-electron chi connectivity index (χ4n) is 13.1. The zero-order valence-corrected chi connectivity index (χ0v) is 88.9. The van der Waals surface area contributed by atoms with Crippen molar-refractivity contribution in [3.63, 3.8) is 0 Å². The maximum Gasteiger partial charge on any atom is 0.416 e. The lowest BCUT2D eigenvalue weighted by atomic mass is 9.93. The fraction of sp³-hybridized carbons (Fsp3) is 0.442. The number of hydrogen-bond acceptors (Lipinski definition) is 26. The Hall–Kier alpha value is -10.9. The summed E-state index contributed by atoms with van der Waals surface area (Å²) in [6.07, 6.45) is -12.2. The van der Waals surface area contributed by atoms with E-state index in [1.807, 2.05) is 111 Å². The maximum atomic E-state index is 13.3. The van der Waals surface area contributed by atoms with Gasteiger partial charge in [-0.15, -0.1) is 22.7 Å². The third kappa shape index (κ3) is 28.8. The van der Waals surface area contributed by atoms with E-state index in [1.54, 1.807) is 63.4 Å². The van der Waals surface area contributed by atoms with Crippen LogP contribution >= 0.6 is 34.3 Å². The van der Waals surface area contributed by atoms with Crippen LogP contribution < -0.4 is 26.6 Å². The summed E-state index contributed by atoms with van der Waals surface area (Å²) in [4.78, 5) is 76.3. The highest BCUT2D eigenvalue weighted by atomic mass is 35.5. The SMILES string of the molecule is CC(C)(C)c1cc(NC(=O)C(C)(C)S(=O)(=O)c2ccc(F)c(Cl)c2)no1.CC(C)(C)c1cc(NC(=O)C(C)(C)S(=O)(=O)c2cccc3cccnc23)no1.CC(C)C(C(=O)Nc1cc(C(C)(C)C)on1)S(=O)(=O)c1ccc(C(F)(F)F)cc1.CC(C)C(C(=O)Nc1nc(C(C)(C)C)cs1)S(=O)(=O)c1ccc(C(F)(F)F)cc1.Cc1nc(NC(=O)C(C(C)C)S(=O)(=O)c2ccc(C(F)(F)F)cc2)sc1C(C)(C)C. The second-order valence-corrected chi connectivity index (χ2v) is 53.4. The number of nitrogens with one attached hydrogen (secondary N) is 5. The molecule has 5 aromatic carbocycles. The number of nitrogens with zero attached hydrogens (tertiary/aromatic N) is 6. The Morgan fingerprint density at radius 2 is 0.732 bits per heavy atom. The first-order chi connectivity index (χ1) is 64.5. The van der Waals surface area contributed by atoms with Crippen LogP contribution in [0.25, 0.3) is 10.9 Å². The van der Waals surface area contributed by atoms with Gasteiger partial charge >= 0.3 is 18.5 Å². The molecule has 5 amide bonds. The number of thiazole rings is 2. The molecule has 142 heavy (non-hydrogen) atoms. The number of carbonyl (C=O) groups is 5. The first kappa shape index (κ1) is 118. The molecule has 0 spiro atoms. The van der Waals surface area contributed by atoms with Gasteiger partial charge in [0.25, 0.3) is 0 Å². The Morgan fingerprint density at radius 1 is 0.394 bits per heavy atom. The molecule has 0 aliphatic heterocycles. The lowest BCUT2D eigenvalue weighted by molar-refractivity contribution is -0.138. The van der Waals surface area contributed by atoms with Gasteiger partial charge in [0.1, 0.15) is 48.3 Å². The third-order valence-electron chi connectivity index (χ3n) is 21.3. The van der Waals surface area contributed by atoms with E-state index in [2.05, 4.69) is 57.0 Å². The third-order valence-corrected chi connectivity index (χ3v) is 35.8. The van der Waals surface area contributed by atoms with Gasteiger partial charge in [0.05, 0.1) is 63.1 Å². The minimum atomic E-state index is -4.59. The van der Waals surface area contributed by atoms with Crippen LogP contribution in [0.5, 0.6) is 0 Å². The Labute approximate surface area is 831 Å². The fourth-order valence-corrected chi connectivity index (χ4v) is 23.8. The number of sulfone groups is 5. The van der Waals surface area contributed by atoms with Crippen molar-refractivity contribution in [3.8, 4) is 0 Å². The van der Waals surface area contributed by atoms with Crippen molar-refractivity contribution in [2.24, 2.45) is 17.8 Å². The Balaban J connectivity index is 0.000000241. The number of halogens is 11.